The highest BCUT2D eigenvalue weighted by Crippen LogP contribution is 2.30. The van der Waals surface area contributed by atoms with Crippen molar-refractivity contribution in [2.45, 2.75) is 51.2 Å². The van der Waals surface area contributed by atoms with Gasteiger partial charge in [0.15, 0.2) is 0 Å². The molecule has 33 heavy (non-hydrogen) atoms. The van der Waals surface area contributed by atoms with Gasteiger partial charge in [-0.15, -0.1) is 0 Å². The van der Waals surface area contributed by atoms with Crippen molar-refractivity contribution in [2.75, 3.05) is 32.8 Å². The van der Waals surface area contributed by atoms with Crippen molar-refractivity contribution >= 4 is 17.8 Å². The quantitative estimate of drug-likeness (QED) is 0.634. The standard InChI is InChI=1S/C24H30N2O7/c1-17(2)26-13-3-12-25(16-24(26)32-21(27)8-9-22(28)33-24)23(29)18-4-6-19(7-5-18)31-20-10-14-30-15-11-20/h4-9,17,20H,3,10-16H2,1-2H3. The van der Waals surface area contributed by atoms with Crippen LogP contribution in [0.2, 0.25) is 0 Å². The van der Waals surface area contributed by atoms with Gasteiger partial charge in [-0.2, -0.15) is 0 Å². The molecule has 9 nitrogen and oxygen atoms in total. The Morgan fingerprint density at radius 1 is 1.03 bits per heavy atom. The summed E-state index contributed by atoms with van der Waals surface area (Å²) in [6.45, 7) is 6.09. The molecule has 3 aliphatic heterocycles. The van der Waals surface area contributed by atoms with Crippen molar-refractivity contribution in [1.82, 2.24) is 9.80 Å². The normalized spacial score (nSPS) is 22.0. The Balaban J connectivity index is 1.52. The summed E-state index contributed by atoms with van der Waals surface area (Å²) in [5, 5.41) is 0. The lowest BCUT2D eigenvalue weighted by atomic mass is 10.1. The van der Waals surface area contributed by atoms with Crippen LogP contribution in [0.3, 0.4) is 0 Å². The molecule has 0 aromatic heterocycles. The monoisotopic (exact) mass is 458 g/mol. The van der Waals surface area contributed by atoms with Crippen LogP contribution in [0, 0.1) is 0 Å². The van der Waals surface area contributed by atoms with E-state index >= 15 is 0 Å². The molecule has 0 bridgehead atoms. The first kappa shape index (κ1) is 23.3. The Morgan fingerprint density at radius 3 is 2.27 bits per heavy atom. The second kappa shape index (κ2) is 9.93. The Kier molecular flexibility index (Phi) is 6.99. The highest BCUT2D eigenvalue weighted by atomic mass is 16.8. The molecule has 0 atom stereocenters. The van der Waals surface area contributed by atoms with E-state index < -0.39 is 17.8 Å². The van der Waals surface area contributed by atoms with E-state index in [-0.39, 0.29) is 24.6 Å². The second-order valence-electron chi connectivity index (χ2n) is 8.71. The van der Waals surface area contributed by atoms with Crippen LogP contribution in [0.15, 0.2) is 36.4 Å². The van der Waals surface area contributed by atoms with Crippen molar-refractivity contribution in [1.29, 1.82) is 0 Å². The molecule has 1 aromatic carbocycles. The van der Waals surface area contributed by atoms with E-state index in [2.05, 4.69) is 0 Å². The Hall–Kier alpha value is -2.91. The molecule has 178 valence electrons. The van der Waals surface area contributed by atoms with Gasteiger partial charge in [-0.1, -0.05) is 0 Å². The summed E-state index contributed by atoms with van der Waals surface area (Å²) in [5.41, 5.74) is 0.479. The van der Waals surface area contributed by atoms with Gasteiger partial charge < -0.3 is 23.8 Å². The maximum Gasteiger partial charge on any atom is 0.339 e. The van der Waals surface area contributed by atoms with Crippen molar-refractivity contribution in [3.05, 3.63) is 42.0 Å². The summed E-state index contributed by atoms with van der Waals surface area (Å²) in [6.07, 6.45) is 4.53. The Labute approximate surface area is 193 Å². The van der Waals surface area contributed by atoms with Gasteiger partial charge in [0, 0.05) is 49.7 Å². The molecule has 0 saturated carbocycles. The molecule has 2 fully saturated rings. The third kappa shape index (κ3) is 5.36. The van der Waals surface area contributed by atoms with Crippen LogP contribution in [0.4, 0.5) is 0 Å². The number of amides is 1. The van der Waals surface area contributed by atoms with Crippen LogP contribution < -0.4 is 4.74 Å². The lowest BCUT2D eigenvalue weighted by Gasteiger charge is -2.42. The van der Waals surface area contributed by atoms with E-state index in [9.17, 15) is 14.4 Å². The summed E-state index contributed by atoms with van der Waals surface area (Å²) < 4.78 is 22.6. The number of carbonyl (C=O) groups excluding carboxylic acids is 3. The third-order valence-electron chi connectivity index (χ3n) is 6.01. The zero-order chi connectivity index (χ0) is 23.4. The number of benzene rings is 1. The fraction of sp³-hybridized carbons (Fsp3) is 0.542. The highest BCUT2D eigenvalue weighted by molar-refractivity contribution is 5.95. The zero-order valence-corrected chi connectivity index (χ0v) is 19.0. The number of hydrogen-bond donors (Lipinski definition) is 0. The summed E-state index contributed by atoms with van der Waals surface area (Å²) in [4.78, 5) is 41.2. The molecule has 3 aliphatic rings. The largest absolute Gasteiger partial charge is 0.490 e. The summed E-state index contributed by atoms with van der Waals surface area (Å²) >= 11 is 0. The number of carbonyl (C=O) groups is 3. The van der Waals surface area contributed by atoms with E-state index in [0.29, 0.717) is 44.0 Å². The average Bonchev–Trinajstić information content (AvgIpc) is 3.07. The van der Waals surface area contributed by atoms with Crippen LogP contribution in [0.1, 0.15) is 43.5 Å². The number of esters is 2. The van der Waals surface area contributed by atoms with Gasteiger partial charge in [-0.3, -0.25) is 4.79 Å². The fourth-order valence-electron chi connectivity index (χ4n) is 4.40. The highest BCUT2D eigenvalue weighted by Gasteiger charge is 2.50. The minimum absolute atomic E-state index is 0.0799. The first-order valence-electron chi connectivity index (χ1n) is 11.4. The Morgan fingerprint density at radius 2 is 1.67 bits per heavy atom. The van der Waals surface area contributed by atoms with Gasteiger partial charge in [0.1, 0.15) is 18.4 Å². The molecule has 0 unspecified atom stereocenters. The van der Waals surface area contributed by atoms with Gasteiger partial charge >= 0.3 is 17.8 Å². The van der Waals surface area contributed by atoms with Crippen molar-refractivity contribution in [2.24, 2.45) is 0 Å². The summed E-state index contributed by atoms with van der Waals surface area (Å²) in [5.74, 6) is -2.58. The molecular weight excluding hydrogens is 428 g/mol. The topological polar surface area (TPSA) is 94.6 Å². The molecule has 9 heteroatoms. The maximum absolute atomic E-state index is 13.4. The van der Waals surface area contributed by atoms with Gasteiger partial charge in [-0.25, -0.2) is 14.5 Å². The molecule has 2 saturated heterocycles. The van der Waals surface area contributed by atoms with E-state index in [1.54, 1.807) is 29.2 Å². The molecule has 4 rings (SSSR count). The van der Waals surface area contributed by atoms with Gasteiger partial charge in [0.05, 0.1) is 13.2 Å². The molecule has 1 aromatic rings. The van der Waals surface area contributed by atoms with Crippen LogP contribution in [-0.2, 0) is 23.8 Å². The van der Waals surface area contributed by atoms with Crippen molar-refractivity contribution < 1.29 is 33.3 Å². The SMILES string of the molecule is CC(C)N1CCCN(C(=O)c2ccc(OC3CCOCC3)cc2)CC12OC(=O)C=CC(=O)O2. The van der Waals surface area contributed by atoms with Gasteiger partial charge in [0.25, 0.3) is 5.91 Å². The number of nitrogens with zero attached hydrogens (tertiary/aromatic N) is 2. The smallest absolute Gasteiger partial charge is 0.339 e. The van der Waals surface area contributed by atoms with Gasteiger partial charge in [-0.05, 0) is 44.5 Å². The zero-order valence-electron chi connectivity index (χ0n) is 19.0. The van der Waals surface area contributed by atoms with Crippen LogP contribution >= 0.6 is 0 Å². The third-order valence-corrected chi connectivity index (χ3v) is 6.01. The molecule has 0 aliphatic carbocycles. The summed E-state index contributed by atoms with van der Waals surface area (Å²) in [6, 6.07) is 6.93. The maximum atomic E-state index is 13.4. The molecule has 3 heterocycles. The van der Waals surface area contributed by atoms with Crippen LogP contribution in [0.5, 0.6) is 5.75 Å². The second-order valence-corrected chi connectivity index (χ2v) is 8.71. The predicted molar refractivity (Wildman–Crippen MR) is 117 cm³/mol. The minimum Gasteiger partial charge on any atom is -0.490 e. The number of hydrogen-bond acceptors (Lipinski definition) is 8. The van der Waals surface area contributed by atoms with Crippen molar-refractivity contribution in [3.8, 4) is 5.75 Å². The molecule has 1 spiro atoms. The fourth-order valence-corrected chi connectivity index (χ4v) is 4.40. The predicted octanol–water partition coefficient (Wildman–Crippen LogP) is 2.11. The van der Waals surface area contributed by atoms with Crippen LogP contribution in [0.25, 0.3) is 0 Å². The summed E-state index contributed by atoms with van der Waals surface area (Å²) in [7, 11) is 0. The van der Waals surface area contributed by atoms with Crippen LogP contribution in [-0.4, -0.2) is 78.6 Å². The lowest BCUT2D eigenvalue weighted by Crippen LogP contribution is -2.61. The van der Waals surface area contributed by atoms with E-state index in [0.717, 1.165) is 25.0 Å². The van der Waals surface area contributed by atoms with E-state index in [4.69, 9.17) is 18.9 Å². The molecule has 0 N–H and O–H groups in total. The first-order valence-corrected chi connectivity index (χ1v) is 11.4. The minimum atomic E-state index is -1.68. The first-order chi connectivity index (χ1) is 15.9. The van der Waals surface area contributed by atoms with Crippen molar-refractivity contribution in [3.63, 3.8) is 0 Å². The average molecular weight is 459 g/mol. The lowest BCUT2D eigenvalue weighted by molar-refractivity contribution is -0.287. The number of rotatable bonds is 4. The molecule has 1 amide bonds. The van der Waals surface area contributed by atoms with E-state index in [1.165, 1.54) is 0 Å². The van der Waals surface area contributed by atoms with E-state index in [1.807, 2.05) is 18.7 Å². The number of ether oxygens (including phenoxy) is 4. The molecular formula is C24H30N2O7. The molecule has 0 radical (unpaired) electrons. The van der Waals surface area contributed by atoms with Gasteiger partial charge in [0.2, 0.25) is 0 Å². The Bertz CT molecular complexity index is 886.